The summed E-state index contributed by atoms with van der Waals surface area (Å²) >= 11 is 0. The maximum absolute atomic E-state index is 12.8. The lowest BCUT2D eigenvalue weighted by Gasteiger charge is -2.21. The highest BCUT2D eigenvalue weighted by atomic mass is 16.6. The summed E-state index contributed by atoms with van der Waals surface area (Å²) in [6.45, 7) is 5.10. The number of rotatable bonds is 6. The highest BCUT2D eigenvalue weighted by Crippen LogP contribution is 2.44. The molecule has 35 heavy (non-hydrogen) atoms. The van der Waals surface area contributed by atoms with Crippen molar-refractivity contribution in [2.24, 2.45) is 5.41 Å². The van der Waals surface area contributed by atoms with Gasteiger partial charge in [-0.1, -0.05) is 78.9 Å². The molecule has 1 atom stereocenters. The molecular weight excluding hydrogens is 442 g/mol. The van der Waals surface area contributed by atoms with Crippen molar-refractivity contribution in [3.8, 4) is 11.1 Å². The lowest BCUT2D eigenvalue weighted by Crippen LogP contribution is -2.45. The van der Waals surface area contributed by atoms with Gasteiger partial charge in [0.15, 0.2) is 0 Å². The minimum atomic E-state index is -1.07. The summed E-state index contributed by atoms with van der Waals surface area (Å²) in [5, 5.41) is 2.61. The Bertz CT molecular complexity index is 1180. The molecular formula is C29H29NO5. The number of benzene rings is 3. The van der Waals surface area contributed by atoms with Crippen LogP contribution in [-0.2, 0) is 25.5 Å². The summed E-state index contributed by atoms with van der Waals surface area (Å²) in [6, 6.07) is 24.3. The van der Waals surface area contributed by atoms with Gasteiger partial charge in [0.05, 0.1) is 5.41 Å². The van der Waals surface area contributed by atoms with Crippen molar-refractivity contribution in [1.82, 2.24) is 5.32 Å². The lowest BCUT2D eigenvalue weighted by molar-refractivity contribution is -0.166. The van der Waals surface area contributed by atoms with Crippen molar-refractivity contribution in [3.63, 3.8) is 0 Å². The van der Waals surface area contributed by atoms with Crippen LogP contribution in [0.15, 0.2) is 78.9 Å². The van der Waals surface area contributed by atoms with Crippen LogP contribution in [0.5, 0.6) is 0 Å². The average Bonchev–Trinajstić information content (AvgIpc) is 3.16. The van der Waals surface area contributed by atoms with Crippen LogP contribution < -0.4 is 5.32 Å². The second-order valence-electron chi connectivity index (χ2n) is 9.67. The molecule has 0 aliphatic heterocycles. The minimum absolute atomic E-state index is 0.102. The molecule has 0 saturated carbocycles. The fraction of sp³-hybridized carbons (Fsp3) is 0.276. The number of carbonyl (C=O) groups is 3. The van der Waals surface area contributed by atoms with Gasteiger partial charge in [-0.3, -0.25) is 4.79 Å². The van der Waals surface area contributed by atoms with Crippen LogP contribution >= 0.6 is 0 Å². The van der Waals surface area contributed by atoms with E-state index in [0.717, 1.165) is 27.8 Å². The third-order valence-corrected chi connectivity index (χ3v) is 6.01. The van der Waals surface area contributed by atoms with Gasteiger partial charge < -0.3 is 14.8 Å². The smallest absolute Gasteiger partial charge is 0.407 e. The van der Waals surface area contributed by atoms with Crippen LogP contribution in [0.25, 0.3) is 11.1 Å². The summed E-state index contributed by atoms with van der Waals surface area (Å²) in [5.41, 5.74) is 4.41. The number of esters is 2. The molecule has 0 bridgehead atoms. The molecule has 0 aromatic heterocycles. The predicted octanol–water partition coefficient (Wildman–Crippen LogP) is 5.25. The van der Waals surface area contributed by atoms with Gasteiger partial charge in [0.2, 0.25) is 0 Å². The maximum atomic E-state index is 12.8. The Kier molecular flexibility index (Phi) is 7.01. The topological polar surface area (TPSA) is 81.7 Å². The number of fused-ring (bicyclic) bond motifs is 3. The zero-order chi connectivity index (χ0) is 25.0. The summed E-state index contributed by atoms with van der Waals surface area (Å²) in [7, 11) is 0. The Morgan fingerprint density at radius 2 is 1.37 bits per heavy atom. The first kappa shape index (κ1) is 24.2. The van der Waals surface area contributed by atoms with Gasteiger partial charge in [-0.15, -0.1) is 0 Å². The van der Waals surface area contributed by atoms with E-state index in [1.54, 1.807) is 20.8 Å². The monoisotopic (exact) mass is 471 g/mol. The first-order valence-electron chi connectivity index (χ1n) is 11.7. The van der Waals surface area contributed by atoms with E-state index < -0.39 is 29.5 Å². The number of amides is 1. The fourth-order valence-electron chi connectivity index (χ4n) is 4.14. The second kappa shape index (κ2) is 10.1. The maximum Gasteiger partial charge on any atom is 0.407 e. The van der Waals surface area contributed by atoms with Gasteiger partial charge in [0, 0.05) is 12.3 Å². The molecule has 0 heterocycles. The summed E-state index contributed by atoms with van der Waals surface area (Å²) in [6.07, 6.45) is -0.575. The largest absolute Gasteiger partial charge is 0.449 e. The summed E-state index contributed by atoms with van der Waals surface area (Å²) in [4.78, 5) is 37.9. The van der Waals surface area contributed by atoms with E-state index >= 15 is 0 Å². The van der Waals surface area contributed by atoms with Gasteiger partial charge in [-0.2, -0.15) is 0 Å². The van der Waals surface area contributed by atoms with Crippen molar-refractivity contribution in [2.75, 3.05) is 6.61 Å². The van der Waals surface area contributed by atoms with E-state index in [2.05, 4.69) is 17.4 Å². The molecule has 0 fully saturated rings. The molecule has 6 nitrogen and oxygen atoms in total. The van der Waals surface area contributed by atoms with E-state index in [1.165, 1.54) is 0 Å². The first-order chi connectivity index (χ1) is 16.7. The Hall–Kier alpha value is -3.93. The molecule has 1 aliphatic carbocycles. The number of hydrogen-bond donors (Lipinski definition) is 1. The molecule has 3 aromatic carbocycles. The highest BCUT2D eigenvalue weighted by molar-refractivity contribution is 5.92. The zero-order valence-corrected chi connectivity index (χ0v) is 20.1. The SMILES string of the molecule is CC(C)(C)C(=O)OC(=O)[C@H](Cc1ccccc1)NC(=O)OCC1c2ccccc2-c2ccccc21. The molecule has 6 heteroatoms. The van der Waals surface area contributed by atoms with Gasteiger partial charge in [0.1, 0.15) is 12.6 Å². The fourth-order valence-corrected chi connectivity index (χ4v) is 4.14. The summed E-state index contributed by atoms with van der Waals surface area (Å²) < 4.78 is 10.7. The molecule has 1 N–H and O–H groups in total. The molecule has 1 amide bonds. The van der Waals surface area contributed by atoms with Crippen molar-refractivity contribution >= 4 is 18.0 Å². The van der Waals surface area contributed by atoms with Gasteiger partial charge in [-0.05, 0) is 48.6 Å². The Balaban J connectivity index is 1.46. The van der Waals surface area contributed by atoms with Crippen LogP contribution in [0.1, 0.15) is 43.4 Å². The molecule has 180 valence electrons. The van der Waals surface area contributed by atoms with Crippen LogP contribution in [0.3, 0.4) is 0 Å². The second-order valence-corrected chi connectivity index (χ2v) is 9.67. The number of carbonyl (C=O) groups excluding carboxylic acids is 3. The zero-order valence-electron chi connectivity index (χ0n) is 20.1. The Morgan fingerprint density at radius 3 is 1.94 bits per heavy atom. The van der Waals surface area contributed by atoms with Crippen molar-refractivity contribution in [1.29, 1.82) is 0 Å². The third-order valence-electron chi connectivity index (χ3n) is 6.01. The van der Waals surface area contributed by atoms with Gasteiger partial charge in [-0.25, -0.2) is 9.59 Å². The quantitative estimate of drug-likeness (QED) is 0.392. The standard InChI is InChI=1S/C29H29NO5/c1-29(2,3)27(32)35-26(31)25(17-19-11-5-4-6-12-19)30-28(33)34-18-24-22-15-9-7-13-20(22)21-14-8-10-16-23(21)24/h4-16,24-25H,17-18H2,1-3H3,(H,30,33)/t25-/m0/s1. The van der Waals surface area contributed by atoms with E-state index in [-0.39, 0.29) is 18.9 Å². The minimum Gasteiger partial charge on any atom is -0.449 e. The van der Waals surface area contributed by atoms with Gasteiger partial charge >= 0.3 is 18.0 Å². The first-order valence-corrected chi connectivity index (χ1v) is 11.7. The lowest BCUT2D eigenvalue weighted by atomic mass is 9.97. The van der Waals surface area contributed by atoms with E-state index in [0.29, 0.717) is 0 Å². The number of hydrogen-bond acceptors (Lipinski definition) is 5. The highest BCUT2D eigenvalue weighted by Gasteiger charge is 2.32. The van der Waals surface area contributed by atoms with Crippen LogP contribution in [-0.4, -0.2) is 30.7 Å². The number of alkyl carbamates (subject to hydrolysis) is 1. The van der Waals surface area contributed by atoms with E-state index in [9.17, 15) is 14.4 Å². The van der Waals surface area contributed by atoms with Crippen molar-refractivity contribution in [2.45, 2.75) is 39.2 Å². The average molecular weight is 472 g/mol. The molecule has 1 aliphatic rings. The molecule has 0 unspecified atom stereocenters. The van der Waals surface area contributed by atoms with Crippen molar-refractivity contribution in [3.05, 3.63) is 95.6 Å². The molecule has 3 aromatic rings. The summed E-state index contributed by atoms with van der Waals surface area (Å²) in [5.74, 6) is -1.58. The van der Waals surface area contributed by atoms with Gasteiger partial charge in [0.25, 0.3) is 0 Å². The normalized spacial score (nSPS) is 13.3. The van der Waals surface area contributed by atoms with Crippen LogP contribution in [0.4, 0.5) is 4.79 Å². The van der Waals surface area contributed by atoms with Crippen LogP contribution in [0.2, 0.25) is 0 Å². The number of ether oxygens (including phenoxy) is 2. The van der Waals surface area contributed by atoms with E-state index in [1.807, 2.05) is 66.7 Å². The van der Waals surface area contributed by atoms with Crippen LogP contribution in [0, 0.1) is 5.41 Å². The molecule has 4 rings (SSSR count). The molecule has 0 saturated heterocycles. The Labute approximate surface area is 205 Å². The van der Waals surface area contributed by atoms with E-state index in [4.69, 9.17) is 9.47 Å². The Morgan fingerprint density at radius 1 is 0.829 bits per heavy atom. The third kappa shape index (κ3) is 5.60. The molecule has 0 spiro atoms. The predicted molar refractivity (Wildman–Crippen MR) is 133 cm³/mol. The van der Waals surface area contributed by atoms with Crippen molar-refractivity contribution < 1.29 is 23.9 Å². The number of nitrogens with one attached hydrogen (secondary N) is 1. The molecule has 0 radical (unpaired) electrons.